The molecule has 0 saturated carbocycles. The Morgan fingerprint density at radius 3 is 2.46 bits per heavy atom. The van der Waals surface area contributed by atoms with Crippen LogP contribution in [0.15, 0.2) is 4.79 Å². The van der Waals surface area contributed by atoms with Gasteiger partial charge < -0.3 is 10.1 Å². The topological polar surface area (TPSA) is 96.2 Å². The fourth-order valence-corrected chi connectivity index (χ4v) is 0.955. The molecule has 0 atom stereocenters. The van der Waals surface area contributed by atoms with Crippen LogP contribution >= 0.6 is 0 Å². The smallest absolute Gasteiger partial charge is 0.375 e. The molecule has 6 heteroatoms. The molecule has 0 bridgehead atoms. The monoisotopic (exact) mass is 184 g/mol. The third-order valence-corrected chi connectivity index (χ3v) is 1.84. The van der Waals surface area contributed by atoms with Crippen LogP contribution in [0, 0.1) is 24.0 Å². The van der Waals surface area contributed by atoms with Crippen molar-refractivity contribution in [1.29, 1.82) is 0 Å². The van der Waals surface area contributed by atoms with E-state index in [1.165, 1.54) is 6.92 Å². The van der Waals surface area contributed by atoms with E-state index in [4.69, 9.17) is 0 Å². The molecule has 0 unspecified atom stereocenters. The summed E-state index contributed by atoms with van der Waals surface area (Å²) in [6, 6.07) is 0. The predicted molar refractivity (Wildman–Crippen MR) is 44.9 cm³/mol. The molecular weight excluding hydrogens is 176 g/mol. The minimum absolute atomic E-state index is 0.311. The summed E-state index contributed by atoms with van der Waals surface area (Å²) in [4.78, 5) is 22.7. The van der Waals surface area contributed by atoms with Crippen molar-refractivity contribution in [2.45, 2.75) is 13.8 Å². The molecule has 0 aliphatic rings. The second-order valence-corrected chi connectivity index (χ2v) is 2.66. The van der Waals surface area contributed by atoms with E-state index < -0.39 is 21.9 Å². The van der Waals surface area contributed by atoms with Gasteiger partial charge in [-0.25, -0.2) is 0 Å². The molecule has 0 saturated heterocycles. The van der Waals surface area contributed by atoms with Crippen LogP contribution in [0.3, 0.4) is 0 Å². The van der Waals surface area contributed by atoms with Gasteiger partial charge in [0.2, 0.25) is 5.75 Å². The summed E-state index contributed by atoms with van der Waals surface area (Å²) in [5.41, 5.74) is -0.951. The molecular formula is C7H8N2O4. The molecule has 0 aliphatic carbocycles. The van der Waals surface area contributed by atoms with E-state index in [-0.39, 0.29) is 0 Å². The quantitative estimate of drug-likeness (QED) is 0.493. The van der Waals surface area contributed by atoms with Gasteiger partial charge in [-0.1, -0.05) is 0 Å². The first-order chi connectivity index (χ1) is 5.95. The third-order valence-electron chi connectivity index (χ3n) is 1.84. The van der Waals surface area contributed by atoms with Crippen molar-refractivity contribution < 1.29 is 10.0 Å². The van der Waals surface area contributed by atoms with Gasteiger partial charge in [-0.3, -0.25) is 14.9 Å². The first kappa shape index (κ1) is 9.24. The Morgan fingerprint density at radius 2 is 2.00 bits per heavy atom. The van der Waals surface area contributed by atoms with Gasteiger partial charge in [0, 0.05) is 11.3 Å². The van der Waals surface area contributed by atoms with E-state index in [0.29, 0.717) is 11.3 Å². The van der Waals surface area contributed by atoms with E-state index in [9.17, 15) is 20.0 Å². The Hall–Kier alpha value is -1.85. The van der Waals surface area contributed by atoms with Gasteiger partial charge in [-0.15, -0.1) is 0 Å². The number of rotatable bonds is 1. The number of aromatic hydroxyl groups is 1. The van der Waals surface area contributed by atoms with Crippen LogP contribution < -0.4 is 5.56 Å². The number of H-pyrrole nitrogens is 1. The van der Waals surface area contributed by atoms with Crippen LogP contribution in [-0.2, 0) is 0 Å². The maximum absolute atomic E-state index is 11.0. The van der Waals surface area contributed by atoms with Crippen molar-refractivity contribution in [1.82, 2.24) is 4.98 Å². The van der Waals surface area contributed by atoms with Crippen molar-refractivity contribution in [2.24, 2.45) is 0 Å². The normalized spacial score (nSPS) is 10.0. The van der Waals surface area contributed by atoms with Crippen molar-refractivity contribution in [3.05, 3.63) is 31.7 Å². The number of pyridine rings is 1. The molecule has 1 rings (SSSR count). The Labute approximate surface area is 73.0 Å². The third kappa shape index (κ3) is 1.37. The van der Waals surface area contributed by atoms with Crippen LogP contribution in [0.1, 0.15) is 11.3 Å². The summed E-state index contributed by atoms with van der Waals surface area (Å²) in [6.07, 6.45) is 0. The summed E-state index contributed by atoms with van der Waals surface area (Å²) in [6.45, 7) is 3.05. The summed E-state index contributed by atoms with van der Waals surface area (Å²) in [7, 11) is 0. The molecule has 1 aromatic rings. The summed E-state index contributed by atoms with van der Waals surface area (Å²) >= 11 is 0. The first-order valence-electron chi connectivity index (χ1n) is 3.52. The van der Waals surface area contributed by atoms with Crippen LogP contribution in [0.4, 0.5) is 5.69 Å². The SMILES string of the molecule is Cc1[nH]c(=O)c([N+](=O)[O-])c(O)c1C. The Morgan fingerprint density at radius 1 is 1.46 bits per heavy atom. The molecule has 0 fully saturated rings. The predicted octanol–water partition coefficient (Wildman–Crippen LogP) is 0.606. The fraction of sp³-hybridized carbons (Fsp3) is 0.286. The van der Waals surface area contributed by atoms with E-state index in [0.717, 1.165) is 0 Å². The maximum Gasteiger partial charge on any atom is 0.375 e. The van der Waals surface area contributed by atoms with Gasteiger partial charge in [-0.2, -0.15) is 0 Å². The zero-order valence-electron chi connectivity index (χ0n) is 7.12. The lowest BCUT2D eigenvalue weighted by Gasteiger charge is -2.01. The molecule has 0 aromatic carbocycles. The molecule has 0 amide bonds. The fourth-order valence-electron chi connectivity index (χ4n) is 0.955. The Balaban J connectivity index is 3.63. The number of hydrogen-bond donors (Lipinski definition) is 2. The second kappa shape index (κ2) is 2.89. The number of nitrogens with one attached hydrogen (secondary N) is 1. The average molecular weight is 184 g/mol. The number of nitrogens with zero attached hydrogens (tertiary/aromatic N) is 1. The standard InChI is InChI=1S/C7H8N2O4/c1-3-4(2)8-7(11)5(6(3)10)9(12)13/h1-2H3,(H2,8,10,11). The first-order valence-corrected chi connectivity index (χ1v) is 3.52. The molecule has 0 aliphatic heterocycles. The van der Waals surface area contributed by atoms with Crippen LogP contribution in [0.25, 0.3) is 0 Å². The highest BCUT2D eigenvalue weighted by Crippen LogP contribution is 2.25. The lowest BCUT2D eigenvalue weighted by Crippen LogP contribution is -2.13. The minimum atomic E-state index is -0.902. The van der Waals surface area contributed by atoms with Gasteiger partial charge in [0.25, 0.3) is 0 Å². The van der Waals surface area contributed by atoms with E-state index in [1.54, 1.807) is 6.92 Å². The van der Waals surface area contributed by atoms with E-state index >= 15 is 0 Å². The highest BCUT2D eigenvalue weighted by Gasteiger charge is 2.21. The number of aromatic nitrogens is 1. The zero-order valence-corrected chi connectivity index (χ0v) is 7.12. The average Bonchev–Trinajstić information content (AvgIpc) is 1.99. The Bertz CT molecular complexity index is 421. The zero-order chi connectivity index (χ0) is 10.2. The van der Waals surface area contributed by atoms with Crippen LogP contribution in [0.2, 0.25) is 0 Å². The molecule has 1 aromatic heterocycles. The lowest BCUT2D eigenvalue weighted by atomic mass is 10.2. The molecule has 6 nitrogen and oxygen atoms in total. The minimum Gasteiger partial charge on any atom is -0.502 e. The van der Waals surface area contributed by atoms with Gasteiger partial charge in [-0.05, 0) is 13.8 Å². The Kier molecular flexibility index (Phi) is 2.05. The molecule has 0 radical (unpaired) electrons. The van der Waals surface area contributed by atoms with Gasteiger partial charge in [0.1, 0.15) is 0 Å². The molecule has 1 heterocycles. The highest BCUT2D eigenvalue weighted by atomic mass is 16.6. The molecule has 2 N–H and O–H groups in total. The van der Waals surface area contributed by atoms with Crippen molar-refractivity contribution >= 4 is 5.69 Å². The van der Waals surface area contributed by atoms with Gasteiger partial charge >= 0.3 is 11.2 Å². The number of aromatic amines is 1. The van der Waals surface area contributed by atoms with Gasteiger partial charge in [0.05, 0.1) is 4.92 Å². The number of nitro groups is 1. The molecule has 0 spiro atoms. The van der Waals surface area contributed by atoms with E-state index in [2.05, 4.69) is 4.98 Å². The largest absolute Gasteiger partial charge is 0.502 e. The summed E-state index contributed by atoms with van der Waals surface area (Å²) in [5.74, 6) is -0.564. The second-order valence-electron chi connectivity index (χ2n) is 2.66. The lowest BCUT2D eigenvalue weighted by molar-refractivity contribution is -0.387. The van der Waals surface area contributed by atoms with Crippen molar-refractivity contribution in [2.75, 3.05) is 0 Å². The van der Waals surface area contributed by atoms with Crippen molar-refractivity contribution in [3.63, 3.8) is 0 Å². The van der Waals surface area contributed by atoms with E-state index in [1.807, 2.05) is 0 Å². The maximum atomic E-state index is 11.0. The molecule has 70 valence electrons. The highest BCUT2D eigenvalue weighted by molar-refractivity contribution is 5.49. The van der Waals surface area contributed by atoms with Crippen molar-refractivity contribution in [3.8, 4) is 5.75 Å². The number of hydrogen-bond acceptors (Lipinski definition) is 4. The van der Waals surface area contributed by atoms with Crippen LogP contribution in [-0.4, -0.2) is 15.0 Å². The van der Waals surface area contributed by atoms with Gasteiger partial charge in [0.15, 0.2) is 0 Å². The number of aryl methyl sites for hydroxylation is 1. The van der Waals surface area contributed by atoms with Crippen LogP contribution in [0.5, 0.6) is 5.75 Å². The summed E-state index contributed by atoms with van der Waals surface area (Å²) in [5, 5.41) is 19.6. The summed E-state index contributed by atoms with van der Waals surface area (Å²) < 4.78 is 0. The molecule has 13 heavy (non-hydrogen) atoms.